The van der Waals surface area contributed by atoms with Crippen LogP contribution in [-0.4, -0.2) is 64.4 Å². The summed E-state index contributed by atoms with van der Waals surface area (Å²) in [5.74, 6) is 1.24. The highest BCUT2D eigenvalue weighted by molar-refractivity contribution is 7.89. The van der Waals surface area contributed by atoms with Crippen molar-refractivity contribution < 1.29 is 26.3 Å². The molecule has 0 saturated carbocycles. The second kappa shape index (κ2) is 11.6. The lowest BCUT2D eigenvalue weighted by molar-refractivity contribution is 0.0926. The van der Waals surface area contributed by atoms with E-state index in [0.717, 1.165) is 37.0 Å². The van der Waals surface area contributed by atoms with Crippen molar-refractivity contribution in [3.8, 4) is 5.75 Å². The lowest BCUT2D eigenvalue weighted by Crippen LogP contribution is -2.38. The molecule has 2 heterocycles. The van der Waals surface area contributed by atoms with Gasteiger partial charge in [0.1, 0.15) is 5.75 Å². The fourth-order valence-corrected chi connectivity index (χ4v) is 7.56. The van der Waals surface area contributed by atoms with Crippen molar-refractivity contribution in [2.24, 2.45) is 5.92 Å². The number of benzene rings is 2. The lowest BCUT2D eigenvalue weighted by atomic mass is 10.0. The van der Waals surface area contributed by atoms with Crippen LogP contribution in [0.1, 0.15) is 45.1 Å². The van der Waals surface area contributed by atoms with Gasteiger partial charge < -0.3 is 9.47 Å². The van der Waals surface area contributed by atoms with Crippen LogP contribution in [0.2, 0.25) is 0 Å². The molecular weight excluding hydrogens is 500 g/mol. The molecule has 36 heavy (non-hydrogen) atoms. The van der Waals surface area contributed by atoms with Crippen molar-refractivity contribution in [2.75, 3.05) is 32.8 Å². The Morgan fingerprint density at radius 3 is 2.17 bits per heavy atom. The second-order valence-electron chi connectivity index (χ2n) is 9.57. The van der Waals surface area contributed by atoms with Crippen LogP contribution in [0.3, 0.4) is 0 Å². The Morgan fingerprint density at radius 1 is 0.944 bits per heavy atom. The standard InChI is InChI=1S/C26H36N2O6S2/c1-3-33-23-8-6-22(7-9-23)19-28(20-24-5-4-18-34-24)36(31,32)26-12-10-25(11-13-26)35(29,30)27-16-14-21(2)15-17-27/h6-13,21,24H,3-5,14-20H2,1-2H3/t24-/m0/s1. The van der Waals surface area contributed by atoms with E-state index >= 15 is 0 Å². The average Bonchev–Trinajstić information content (AvgIpc) is 3.38. The molecular formula is C26H36N2O6S2. The number of hydrogen-bond acceptors (Lipinski definition) is 6. The molecule has 2 aromatic carbocycles. The molecule has 1 atom stereocenters. The number of ether oxygens (including phenoxy) is 2. The van der Waals surface area contributed by atoms with Crippen LogP contribution in [0.15, 0.2) is 58.3 Å². The molecule has 0 aromatic heterocycles. The van der Waals surface area contributed by atoms with Gasteiger partial charge in [0.2, 0.25) is 20.0 Å². The molecule has 0 bridgehead atoms. The van der Waals surface area contributed by atoms with Crippen LogP contribution in [-0.2, 0) is 31.3 Å². The van der Waals surface area contributed by atoms with Gasteiger partial charge in [-0.3, -0.25) is 0 Å². The maximum absolute atomic E-state index is 13.7. The van der Waals surface area contributed by atoms with Gasteiger partial charge in [0.15, 0.2) is 0 Å². The maximum Gasteiger partial charge on any atom is 0.243 e. The average molecular weight is 537 g/mol. The molecule has 198 valence electrons. The SMILES string of the molecule is CCOc1ccc(CN(C[C@@H]2CCCO2)S(=O)(=O)c2ccc(S(=O)(=O)N3CCC(C)CC3)cc2)cc1. The van der Waals surface area contributed by atoms with Crippen LogP contribution in [0.25, 0.3) is 0 Å². The van der Waals surface area contributed by atoms with E-state index in [0.29, 0.717) is 32.2 Å². The first kappa shape index (κ1) is 27.1. The minimum absolute atomic E-state index is 0.0673. The fraction of sp³-hybridized carbons (Fsp3) is 0.538. The molecule has 0 unspecified atom stereocenters. The molecule has 0 radical (unpaired) electrons. The number of piperidine rings is 1. The van der Waals surface area contributed by atoms with E-state index in [1.54, 1.807) is 0 Å². The Kier molecular flexibility index (Phi) is 8.72. The predicted molar refractivity (Wildman–Crippen MR) is 138 cm³/mol. The summed E-state index contributed by atoms with van der Waals surface area (Å²) >= 11 is 0. The zero-order chi connectivity index (χ0) is 25.8. The molecule has 0 spiro atoms. The van der Waals surface area contributed by atoms with E-state index < -0.39 is 20.0 Å². The molecule has 0 aliphatic carbocycles. The first-order valence-corrected chi connectivity index (χ1v) is 15.5. The van der Waals surface area contributed by atoms with E-state index in [1.165, 1.54) is 32.9 Å². The summed E-state index contributed by atoms with van der Waals surface area (Å²) < 4.78 is 67.6. The lowest BCUT2D eigenvalue weighted by Gasteiger charge is -2.29. The number of nitrogens with zero attached hydrogens (tertiary/aromatic N) is 2. The van der Waals surface area contributed by atoms with Crippen LogP contribution in [0.4, 0.5) is 0 Å². The van der Waals surface area contributed by atoms with Crippen molar-refractivity contribution >= 4 is 20.0 Å². The van der Waals surface area contributed by atoms with Crippen molar-refractivity contribution in [1.82, 2.24) is 8.61 Å². The third-order valence-corrected chi connectivity index (χ3v) is 10.6. The number of rotatable bonds is 10. The monoisotopic (exact) mass is 536 g/mol. The van der Waals surface area contributed by atoms with E-state index in [4.69, 9.17) is 9.47 Å². The topological polar surface area (TPSA) is 93.2 Å². The van der Waals surface area contributed by atoms with Gasteiger partial charge in [-0.15, -0.1) is 0 Å². The van der Waals surface area contributed by atoms with Gasteiger partial charge in [-0.2, -0.15) is 8.61 Å². The van der Waals surface area contributed by atoms with Crippen LogP contribution in [0.5, 0.6) is 5.75 Å². The summed E-state index contributed by atoms with van der Waals surface area (Å²) in [4.78, 5) is 0.186. The Bertz CT molecular complexity index is 1200. The van der Waals surface area contributed by atoms with Gasteiger partial charge in [0, 0.05) is 32.8 Å². The van der Waals surface area contributed by atoms with Gasteiger partial charge in [-0.25, -0.2) is 16.8 Å². The van der Waals surface area contributed by atoms with Crippen molar-refractivity contribution in [3.05, 3.63) is 54.1 Å². The first-order chi connectivity index (χ1) is 17.2. The largest absolute Gasteiger partial charge is 0.494 e. The molecule has 10 heteroatoms. The molecule has 0 amide bonds. The Labute approximate surface area is 215 Å². The Balaban J connectivity index is 1.55. The summed E-state index contributed by atoms with van der Waals surface area (Å²) in [6, 6.07) is 13.0. The molecule has 4 rings (SSSR count). The van der Waals surface area contributed by atoms with E-state index in [2.05, 4.69) is 6.92 Å². The third-order valence-electron chi connectivity index (χ3n) is 6.87. The van der Waals surface area contributed by atoms with Crippen molar-refractivity contribution in [3.63, 3.8) is 0 Å². The smallest absolute Gasteiger partial charge is 0.243 e. The minimum atomic E-state index is -3.89. The zero-order valence-electron chi connectivity index (χ0n) is 21.0. The minimum Gasteiger partial charge on any atom is -0.494 e. The third kappa shape index (κ3) is 6.28. The Morgan fingerprint density at radius 2 is 1.58 bits per heavy atom. The molecule has 2 aromatic rings. The summed E-state index contributed by atoms with van der Waals surface area (Å²) in [5, 5.41) is 0. The quantitative estimate of drug-likeness (QED) is 0.458. The van der Waals surface area contributed by atoms with Crippen LogP contribution >= 0.6 is 0 Å². The predicted octanol–water partition coefficient (Wildman–Crippen LogP) is 3.88. The van der Waals surface area contributed by atoms with Crippen LogP contribution < -0.4 is 4.74 Å². The van der Waals surface area contributed by atoms with Crippen molar-refractivity contribution in [1.29, 1.82) is 0 Å². The van der Waals surface area contributed by atoms with E-state index in [1.807, 2.05) is 31.2 Å². The highest BCUT2D eigenvalue weighted by atomic mass is 32.2. The normalized spacial score (nSPS) is 20.1. The first-order valence-electron chi connectivity index (χ1n) is 12.6. The van der Waals surface area contributed by atoms with Gasteiger partial charge in [0.05, 0.1) is 22.5 Å². The molecule has 2 fully saturated rings. The highest BCUT2D eigenvalue weighted by Crippen LogP contribution is 2.27. The Hall–Kier alpha value is -1.98. The fourth-order valence-electron chi connectivity index (χ4n) is 4.63. The number of sulfonamides is 2. The summed E-state index contributed by atoms with van der Waals surface area (Å²) in [6.45, 7) is 6.61. The van der Waals surface area contributed by atoms with Gasteiger partial charge in [-0.1, -0.05) is 19.1 Å². The molecule has 8 nitrogen and oxygen atoms in total. The van der Waals surface area contributed by atoms with Gasteiger partial charge >= 0.3 is 0 Å². The highest BCUT2D eigenvalue weighted by Gasteiger charge is 2.31. The summed E-state index contributed by atoms with van der Waals surface area (Å²) in [5.41, 5.74) is 0.832. The van der Waals surface area contributed by atoms with Crippen molar-refractivity contribution in [2.45, 2.75) is 62.0 Å². The van der Waals surface area contributed by atoms with Gasteiger partial charge in [0.25, 0.3) is 0 Å². The molecule has 2 aliphatic rings. The summed E-state index contributed by atoms with van der Waals surface area (Å²) in [7, 11) is -7.54. The molecule has 2 aliphatic heterocycles. The van der Waals surface area contributed by atoms with E-state index in [9.17, 15) is 16.8 Å². The number of hydrogen-bond donors (Lipinski definition) is 0. The van der Waals surface area contributed by atoms with Crippen LogP contribution in [0, 0.1) is 5.92 Å². The zero-order valence-corrected chi connectivity index (χ0v) is 22.6. The molecule has 0 N–H and O–H groups in total. The van der Waals surface area contributed by atoms with Gasteiger partial charge in [-0.05, 0) is 80.5 Å². The second-order valence-corrected chi connectivity index (χ2v) is 13.4. The van der Waals surface area contributed by atoms with E-state index in [-0.39, 0.29) is 29.0 Å². The molecule has 2 saturated heterocycles. The maximum atomic E-state index is 13.7. The summed E-state index contributed by atoms with van der Waals surface area (Å²) in [6.07, 6.45) is 3.21.